The van der Waals surface area contributed by atoms with Gasteiger partial charge in [0.25, 0.3) is 5.56 Å². The van der Waals surface area contributed by atoms with Gasteiger partial charge in [0, 0.05) is 41.8 Å². The predicted molar refractivity (Wildman–Crippen MR) is 90.6 cm³/mol. The number of halogens is 2. The molecular formula is C18H19F2N3O2. The van der Waals surface area contributed by atoms with E-state index in [1.54, 1.807) is 31.2 Å². The van der Waals surface area contributed by atoms with Crippen LogP contribution in [0.25, 0.3) is 11.4 Å². The summed E-state index contributed by atoms with van der Waals surface area (Å²) in [7, 11) is 0. The Labute approximate surface area is 143 Å². The van der Waals surface area contributed by atoms with Crippen molar-refractivity contribution in [2.45, 2.75) is 38.5 Å². The number of rotatable bonds is 3. The van der Waals surface area contributed by atoms with Crippen molar-refractivity contribution in [3.8, 4) is 11.4 Å². The normalized spacial score (nSPS) is 17.2. The first-order valence-electron chi connectivity index (χ1n) is 8.19. The van der Waals surface area contributed by atoms with Gasteiger partial charge in [0.2, 0.25) is 11.8 Å². The average molecular weight is 347 g/mol. The maximum absolute atomic E-state index is 13.2. The lowest BCUT2D eigenvalue weighted by Crippen LogP contribution is -2.31. The minimum atomic E-state index is -2.64. The van der Waals surface area contributed by atoms with Crippen LogP contribution in [0, 0.1) is 12.8 Å². The monoisotopic (exact) mass is 347 g/mol. The first-order chi connectivity index (χ1) is 11.8. The van der Waals surface area contributed by atoms with E-state index < -0.39 is 5.92 Å². The summed E-state index contributed by atoms with van der Waals surface area (Å²) in [6.45, 7) is 1.74. The first-order valence-corrected chi connectivity index (χ1v) is 8.19. The SMILES string of the molecule is Cc1cc(=O)[nH]c(-c2ccc(NC(=O)C3CCC(F)(F)CC3)cc2)n1. The highest BCUT2D eigenvalue weighted by Gasteiger charge is 2.37. The molecule has 0 spiro atoms. The zero-order valence-corrected chi connectivity index (χ0v) is 13.8. The molecule has 3 rings (SSSR count). The molecule has 132 valence electrons. The van der Waals surface area contributed by atoms with E-state index in [2.05, 4.69) is 15.3 Å². The molecule has 0 unspecified atom stereocenters. The van der Waals surface area contributed by atoms with Crippen molar-refractivity contribution in [1.82, 2.24) is 9.97 Å². The van der Waals surface area contributed by atoms with Crippen molar-refractivity contribution in [2.75, 3.05) is 5.32 Å². The second-order valence-corrected chi connectivity index (χ2v) is 6.43. The maximum atomic E-state index is 13.2. The third-order valence-corrected chi connectivity index (χ3v) is 4.38. The van der Waals surface area contributed by atoms with Gasteiger partial charge in [-0.1, -0.05) is 0 Å². The molecule has 1 saturated carbocycles. The molecule has 5 nitrogen and oxygen atoms in total. The minimum Gasteiger partial charge on any atom is -0.326 e. The number of carbonyl (C=O) groups is 1. The zero-order valence-electron chi connectivity index (χ0n) is 13.8. The number of benzene rings is 1. The molecule has 25 heavy (non-hydrogen) atoms. The van der Waals surface area contributed by atoms with Crippen LogP contribution < -0.4 is 10.9 Å². The highest BCUT2D eigenvalue weighted by molar-refractivity contribution is 5.92. The van der Waals surface area contributed by atoms with Crippen molar-refractivity contribution in [1.29, 1.82) is 0 Å². The molecule has 2 N–H and O–H groups in total. The molecule has 1 aromatic carbocycles. The lowest BCUT2D eigenvalue weighted by Gasteiger charge is -2.27. The molecule has 1 aromatic heterocycles. The van der Waals surface area contributed by atoms with Crippen LogP contribution in [-0.2, 0) is 4.79 Å². The molecule has 0 atom stereocenters. The van der Waals surface area contributed by atoms with Crippen LogP contribution in [0.4, 0.5) is 14.5 Å². The fourth-order valence-electron chi connectivity index (χ4n) is 2.97. The van der Waals surface area contributed by atoms with Crippen molar-refractivity contribution < 1.29 is 13.6 Å². The number of aromatic amines is 1. The van der Waals surface area contributed by atoms with Gasteiger partial charge in [-0.15, -0.1) is 0 Å². The van der Waals surface area contributed by atoms with Crippen molar-refractivity contribution in [3.05, 3.63) is 46.4 Å². The topological polar surface area (TPSA) is 74.8 Å². The van der Waals surface area contributed by atoms with E-state index in [1.165, 1.54) is 6.07 Å². The van der Waals surface area contributed by atoms with Crippen LogP contribution in [0.3, 0.4) is 0 Å². The van der Waals surface area contributed by atoms with Gasteiger partial charge in [0.1, 0.15) is 5.82 Å². The summed E-state index contributed by atoms with van der Waals surface area (Å²) >= 11 is 0. The molecule has 1 heterocycles. The van der Waals surface area contributed by atoms with Crippen LogP contribution in [0.15, 0.2) is 35.1 Å². The third kappa shape index (κ3) is 4.29. The minimum absolute atomic E-state index is 0.200. The predicted octanol–water partition coefficient (Wildman–Crippen LogP) is 3.51. The summed E-state index contributed by atoms with van der Waals surface area (Å²) in [5.74, 6) is -2.80. The summed E-state index contributed by atoms with van der Waals surface area (Å²) in [5, 5.41) is 2.76. The molecule has 1 amide bonds. The van der Waals surface area contributed by atoms with Gasteiger partial charge in [0.05, 0.1) is 0 Å². The molecule has 0 bridgehead atoms. The van der Waals surface area contributed by atoms with Crippen molar-refractivity contribution in [2.24, 2.45) is 5.92 Å². The summed E-state index contributed by atoms with van der Waals surface area (Å²) in [4.78, 5) is 30.6. The lowest BCUT2D eigenvalue weighted by atomic mass is 9.86. The molecule has 0 radical (unpaired) electrons. The highest BCUT2D eigenvalue weighted by atomic mass is 19.3. The molecule has 2 aromatic rings. The average Bonchev–Trinajstić information content (AvgIpc) is 2.54. The molecule has 0 aliphatic heterocycles. The van der Waals surface area contributed by atoms with Crippen LogP contribution in [0.5, 0.6) is 0 Å². The third-order valence-electron chi connectivity index (χ3n) is 4.38. The number of amides is 1. The van der Waals surface area contributed by atoms with Gasteiger partial charge in [-0.2, -0.15) is 0 Å². The zero-order chi connectivity index (χ0) is 18.0. The van der Waals surface area contributed by atoms with Crippen LogP contribution >= 0.6 is 0 Å². The molecule has 1 aliphatic rings. The number of nitrogens with one attached hydrogen (secondary N) is 2. The van der Waals surface area contributed by atoms with Crippen LogP contribution in [0.2, 0.25) is 0 Å². The van der Waals surface area contributed by atoms with Gasteiger partial charge < -0.3 is 10.3 Å². The van der Waals surface area contributed by atoms with Crippen molar-refractivity contribution in [3.63, 3.8) is 0 Å². The summed E-state index contributed by atoms with van der Waals surface area (Å²) in [6.07, 6.45) is -0.0798. The van der Waals surface area contributed by atoms with E-state index >= 15 is 0 Å². The Morgan fingerprint density at radius 1 is 1.24 bits per heavy atom. The number of hydrogen-bond donors (Lipinski definition) is 2. The van der Waals surface area contributed by atoms with E-state index in [0.29, 0.717) is 17.2 Å². The summed E-state index contributed by atoms with van der Waals surface area (Å²) < 4.78 is 26.3. The largest absolute Gasteiger partial charge is 0.326 e. The number of aromatic nitrogens is 2. The Bertz CT molecular complexity index is 821. The molecule has 1 aliphatic carbocycles. The number of carbonyl (C=O) groups excluding carboxylic acids is 1. The number of anilines is 1. The van der Waals surface area contributed by atoms with E-state index in [4.69, 9.17) is 0 Å². The van der Waals surface area contributed by atoms with E-state index in [0.717, 1.165) is 5.56 Å². The van der Waals surface area contributed by atoms with Gasteiger partial charge >= 0.3 is 0 Å². The Morgan fingerprint density at radius 3 is 2.48 bits per heavy atom. The first kappa shape index (κ1) is 17.3. The Balaban J connectivity index is 1.66. The number of aryl methyl sites for hydroxylation is 1. The second-order valence-electron chi connectivity index (χ2n) is 6.43. The van der Waals surface area contributed by atoms with Gasteiger partial charge in [-0.05, 0) is 44.0 Å². The number of nitrogens with zero attached hydrogens (tertiary/aromatic N) is 1. The maximum Gasteiger partial charge on any atom is 0.251 e. The summed E-state index contributed by atoms with van der Waals surface area (Å²) in [6, 6.07) is 8.29. The number of hydrogen-bond acceptors (Lipinski definition) is 3. The molecule has 7 heteroatoms. The second kappa shape index (κ2) is 6.74. The quantitative estimate of drug-likeness (QED) is 0.892. The van der Waals surface area contributed by atoms with Crippen LogP contribution in [0.1, 0.15) is 31.4 Å². The Morgan fingerprint density at radius 2 is 1.88 bits per heavy atom. The van der Waals surface area contributed by atoms with Crippen LogP contribution in [-0.4, -0.2) is 21.8 Å². The highest BCUT2D eigenvalue weighted by Crippen LogP contribution is 2.36. The Kier molecular flexibility index (Phi) is 4.65. The van der Waals surface area contributed by atoms with Gasteiger partial charge in [0.15, 0.2) is 0 Å². The fourth-order valence-corrected chi connectivity index (χ4v) is 2.97. The molecular weight excluding hydrogens is 328 g/mol. The smallest absolute Gasteiger partial charge is 0.251 e. The number of alkyl halides is 2. The van der Waals surface area contributed by atoms with E-state index in [-0.39, 0.29) is 43.1 Å². The Hall–Kier alpha value is -2.57. The van der Waals surface area contributed by atoms with Crippen molar-refractivity contribution >= 4 is 11.6 Å². The molecule has 1 fully saturated rings. The number of H-pyrrole nitrogens is 1. The van der Waals surface area contributed by atoms with E-state index in [9.17, 15) is 18.4 Å². The molecule has 0 saturated heterocycles. The summed E-state index contributed by atoms with van der Waals surface area (Å²) in [5.41, 5.74) is 1.69. The van der Waals surface area contributed by atoms with Gasteiger partial charge in [-0.25, -0.2) is 13.8 Å². The van der Waals surface area contributed by atoms with Gasteiger partial charge in [-0.3, -0.25) is 9.59 Å². The standard InChI is InChI=1S/C18H19F2N3O2/c1-11-10-15(24)23-16(21-11)12-2-4-14(5-3-12)22-17(25)13-6-8-18(19,20)9-7-13/h2-5,10,13H,6-9H2,1H3,(H,22,25)(H,21,23,24). The lowest BCUT2D eigenvalue weighted by molar-refractivity contribution is -0.124. The van der Waals surface area contributed by atoms with E-state index in [1.807, 2.05) is 0 Å². The fraction of sp³-hybridized carbons (Fsp3) is 0.389.